The Morgan fingerprint density at radius 1 is 1.10 bits per heavy atom. The highest BCUT2D eigenvalue weighted by Gasteiger charge is 2.01. The summed E-state index contributed by atoms with van der Waals surface area (Å²) in [5.41, 5.74) is 1.99. The molecule has 0 aliphatic rings. The van der Waals surface area contributed by atoms with Crippen molar-refractivity contribution in [2.45, 2.75) is 13.5 Å². The molecular formula is C17H20N2O2. The van der Waals surface area contributed by atoms with Gasteiger partial charge in [0.15, 0.2) is 0 Å². The number of nitrogens with one attached hydrogen (secondary N) is 2. The van der Waals surface area contributed by atoms with Gasteiger partial charge in [0.2, 0.25) is 5.91 Å². The summed E-state index contributed by atoms with van der Waals surface area (Å²) in [6.07, 6.45) is 0. The van der Waals surface area contributed by atoms with Crippen LogP contribution in [0.5, 0.6) is 5.75 Å². The molecule has 0 saturated carbocycles. The van der Waals surface area contributed by atoms with E-state index in [0.29, 0.717) is 13.2 Å². The number of hydrogen-bond acceptors (Lipinski definition) is 3. The SMILES string of the molecule is CCNC(=O)CNc1cccc(OCc2ccccc2)c1. The molecule has 0 aliphatic carbocycles. The Morgan fingerprint density at radius 2 is 1.90 bits per heavy atom. The van der Waals surface area contributed by atoms with Gasteiger partial charge in [-0.15, -0.1) is 0 Å². The number of amides is 1. The van der Waals surface area contributed by atoms with Crippen molar-refractivity contribution in [3.05, 3.63) is 60.2 Å². The van der Waals surface area contributed by atoms with Gasteiger partial charge >= 0.3 is 0 Å². The zero-order chi connectivity index (χ0) is 14.9. The Bertz CT molecular complexity index is 570. The number of ether oxygens (including phenoxy) is 1. The average Bonchev–Trinajstić information content (AvgIpc) is 2.53. The standard InChI is InChI=1S/C17H20N2O2/c1-2-18-17(20)12-19-15-9-6-10-16(11-15)21-13-14-7-4-3-5-8-14/h3-11,19H,2,12-13H2,1H3,(H,18,20). The Hall–Kier alpha value is -2.49. The third-order valence-electron chi connectivity index (χ3n) is 2.91. The second kappa shape index (κ2) is 7.94. The molecule has 0 fully saturated rings. The van der Waals surface area contributed by atoms with E-state index in [0.717, 1.165) is 17.0 Å². The van der Waals surface area contributed by atoms with Crippen LogP contribution in [0.15, 0.2) is 54.6 Å². The van der Waals surface area contributed by atoms with Crippen LogP contribution in [-0.4, -0.2) is 19.0 Å². The van der Waals surface area contributed by atoms with E-state index >= 15 is 0 Å². The number of rotatable bonds is 7. The van der Waals surface area contributed by atoms with E-state index in [9.17, 15) is 4.79 Å². The smallest absolute Gasteiger partial charge is 0.239 e. The van der Waals surface area contributed by atoms with Gasteiger partial charge in [-0.3, -0.25) is 4.79 Å². The minimum atomic E-state index is -0.0203. The minimum Gasteiger partial charge on any atom is -0.489 e. The molecule has 0 aliphatic heterocycles. The summed E-state index contributed by atoms with van der Waals surface area (Å²) in [5.74, 6) is 0.757. The summed E-state index contributed by atoms with van der Waals surface area (Å²) >= 11 is 0. The maximum absolute atomic E-state index is 11.4. The van der Waals surface area contributed by atoms with Crippen LogP contribution in [0, 0.1) is 0 Å². The molecular weight excluding hydrogens is 264 g/mol. The van der Waals surface area contributed by atoms with Crippen molar-refractivity contribution in [3.8, 4) is 5.75 Å². The summed E-state index contributed by atoms with van der Waals surface area (Å²) in [7, 11) is 0. The molecule has 1 amide bonds. The summed E-state index contributed by atoms with van der Waals surface area (Å²) in [6.45, 7) is 3.33. The van der Waals surface area contributed by atoms with E-state index in [1.165, 1.54) is 0 Å². The van der Waals surface area contributed by atoms with E-state index < -0.39 is 0 Å². The zero-order valence-corrected chi connectivity index (χ0v) is 12.1. The molecule has 0 spiro atoms. The fraction of sp³-hybridized carbons (Fsp3) is 0.235. The highest BCUT2D eigenvalue weighted by atomic mass is 16.5. The second-order valence-electron chi connectivity index (χ2n) is 4.61. The van der Waals surface area contributed by atoms with Crippen LogP contribution in [0.1, 0.15) is 12.5 Å². The first-order valence-corrected chi connectivity index (χ1v) is 7.05. The van der Waals surface area contributed by atoms with Gasteiger partial charge in [-0.2, -0.15) is 0 Å². The van der Waals surface area contributed by atoms with Crippen LogP contribution in [0.25, 0.3) is 0 Å². The van der Waals surface area contributed by atoms with Crippen LogP contribution < -0.4 is 15.4 Å². The molecule has 2 aromatic rings. The normalized spacial score (nSPS) is 9.95. The lowest BCUT2D eigenvalue weighted by atomic mass is 10.2. The predicted octanol–water partition coefficient (Wildman–Crippen LogP) is 2.81. The van der Waals surface area contributed by atoms with Crippen molar-refractivity contribution in [2.24, 2.45) is 0 Å². The zero-order valence-electron chi connectivity index (χ0n) is 12.1. The quantitative estimate of drug-likeness (QED) is 0.822. The molecule has 0 atom stereocenters. The molecule has 0 unspecified atom stereocenters. The van der Waals surface area contributed by atoms with Crippen LogP contribution in [0.4, 0.5) is 5.69 Å². The monoisotopic (exact) mass is 284 g/mol. The lowest BCUT2D eigenvalue weighted by Gasteiger charge is -2.10. The average molecular weight is 284 g/mol. The molecule has 2 aromatic carbocycles. The Balaban J connectivity index is 1.87. The Kier molecular flexibility index (Phi) is 5.64. The van der Waals surface area contributed by atoms with Crippen LogP contribution in [0.2, 0.25) is 0 Å². The molecule has 21 heavy (non-hydrogen) atoms. The minimum absolute atomic E-state index is 0.0203. The van der Waals surface area contributed by atoms with Crippen molar-refractivity contribution in [3.63, 3.8) is 0 Å². The van der Waals surface area contributed by atoms with Crippen molar-refractivity contribution in [1.82, 2.24) is 5.32 Å². The second-order valence-corrected chi connectivity index (χ2v) is 4.61. The van der Waals surface area contributed by atoms with Gasteiger partial charge < -0.3 is 15.4 Å². The third kappa shape index (κ3) is 5.18. The summed E-state index contributed by atoms with van der Waals surface area (Å²) < 4.78 is 5.75. The summed E-state index contributed by atoms with van der Waals surface area (Å²) in [5, 5.41) is 5.82. The fourth-order valence-electron chi connectivity index (χ4n) is 1.88. The molecule has 0 saturated heterocycles. The van der Waals surface area contributed by atoms with Gasteiger partial charge in [0.05, 0.1) is 6.54 Å². The molecule has 0 heterocycles. The van der Waals surface area contributed by atoms with Crippen molar-refractivity contribution < 1.29 is 9.53 Å². The van der Waals surface area contributed by atoms with Crippen molar-refractivity contribution in [2.75, 3.05) is 18.4 Å². The van der Waals surface area contributed by atoms with Crippen LogP contribution in [-0.2, 0) is 11.4 Å². The number of likely N-dealkylation sites (N-methyl/N-ethyl adjacent to an activating group) is 1. The summed E-state index contributed by atoms with van der Waals surface area (Å²) in [6, 6.07) is 17.6. The fourth-order valence-corrected chi connectivity index (χ4v) is 1.88. The number of carbonyl (C=O) groups excluding carboxylic acids is 1. The number of carbonyl (C=O) groups is 1. The van der Waals surface area contributed by atoms with E-state index in [1.807, 2.05) is 61.5 Å². The van der Waals surface area contributed by atoms with Crippen molar-refractivity contribution in [1.29, 1.82) is 0 Å². The van der Waals surface area contributed by atoms with Gasteiger partial charge in [-0.1, -0.05) is 36.4 Å². The van der Waals surface area contributed by atoms with Crippen molar-refractivity contribution >= 4 is 11.6 Å². The molecule has 110 valence electrons. The van der Waals surface area contributed by atoms with E-state index in [4.69, 9.17) is 4.74 Å². The lowest BCUT2D eigenvalue weighted by Crippen LogP contribution is -2.29. The van der Waals surface area contributed by atoms with Gasteiger partial charge in [0.25, 0.3) is 0 Å². The first kappa shape index (κ1) is 14.9. The molecule has 2 rings (SSSR count). The van der Waals surface area contributed by atoms with Gasteiger partial charge in [0, 0.05) is 18.3 Å². The van der Waals surface area contributed by atoms with Gasteiger partial charge in [0.1, 0.15) is 12.4 Å². The highest BCUT2D eigenvalue weighted by molar-refractivity contribution is 5.80. The van der Waals surface area contributed by atoms with Gasteiger partial charge in [-0.25, -0.2) is 0 Å². The number of anilines is 1. The van der Waals surface area contributed by atoms with Gasteiger partial charge in [-0.05, 0) is 24.6 Å². The van der Waals surface area contributed by atoms with Crippen LogP contribution in [0.3, 0.4) is 0 Å². The van der Waals surface area contributed by atoms with E-state index in [1.54, 1.807) is 0 Å². The maximum atomic E-state index is 11.4. The first-order chi connectivity index (χ1) is 10.3. The lowest BCUT2D eigenvalue weighted by molar-refractivity contribution is -0.119. The topological polar surface area (TPSA) is 50.4 Å². The molecule has 4 nitrogen and oxygen atoms in total. The first-order valence-electron chi connectivity index (χ1n) is 7.05. The Morgan fingerprint density at radius 3 is 2.67 bits per heavy atom. The predicted molar refractivity (Wildman–Crippen MR) is 84.4 cm³/mol. The van der Waals surface area contributed by atoms with E-state index in [2.05, 4.69) is 10.6 Å². The van der Waals surface area contributed by atoms with Crippen LogP contribution >= 0.6 is 0 Å². The molecule has 2 N–H and O–H groups in total. The third-order valence-corrected chi connectivity index (χ3v) is 2.91. The number of benzene rings is 2. The molecule has 4 heteroatoms. The maximum Gasteiger partial charge on any atom is 0.239 e. The Labute approximate surface area is 125 Å². The largest absolute Gasteiger partial charge is 0.489 e. The van der Waals surface area contributed by atoms with E-state index in [-0.39, 0.29) is 12.5 Å². The highest BCUT2D eigenvalue weighted by Crippen LogP contribution is 2.18. The molecule has 0 bridgehead atoms. The molecule has 0 radical (unpaired) electrons. The molecule has 0 aromatic heterocycles. The number of hydrogen-bond donors (Lipinski definition) is 2. The summed E-state index contributed by atoms with van der Waals surface area (Å²) in [4.78, 5) is 11.4.